The highest BCUT2D eigenvalue weighted by Gasteiger charge is 2.37. The molecule has 2 atom stereocenters. The lowest BCUT2D eigenvalue weighted by molar-refractivity contribution is -0.164. The number of hydrogen-bond acceptors (Lipinski definition) is 7. The molecule has 0 aromatic rings. The van der Waals surface area contributed by atoms with Crippen LogP contribution in [0.1, 0.15) is 13.8 Å². The number of carbonyl (C=O) groups excluding carboxylic acids is 3. The molecule has 0 aromatic carbocycles. The zero-order chi connectivity index (χ0) is 16.0. The van der Waals surface area contributed by atoms with Gasteiger partial charge < -0.3 is 19.7 Å². The highest BCUT2D eigenvalue weighted by atomic mass is 16.6. The number of carbonyl (C=O) groups is 3. The Hall–Kier alpha value is -2.13. The molecule has 21 heavy (non-hydrogen) atoms. The van der Waals surface area contributed by atoms with Gasteiger partial charge in [0.2, 0.25) is 12.5 Å². The average Bonchev–Trinajstić information content (AvgIpc) is 2.46. The molecule has 118 valence electrons. The maximum atomic E-state index is 12.1. The quantitative estimate of drug-likeness (QED) is 0.604. The fourth-order valence-corrected chi connectivity index (χ4v) is 1.63. The summed E-state index contributed by atoms with van der Waals surface area (Å²) < 4.78 is 9.20. The van der Waals surface area contributed by atoms with Gasteiger partial charge in [-0.05, 0) is 19.9 Å². The van der Waals surface area contributed by atoms with Gasteiger partial charge in [-0.25, -0.2) is 14.4 Å². The van der Waals surface area contributed by atoms with Crippen LogP contribution in [0.25, 0.3) is 0 Å². The maximum Gasteiger partial charge on any atom is 0.356 e. The van der Waals surface area contributed by atoms with Crippen molar-refractivity contribution in [2.24, 2.45) is 0 Å². The van der Waals surface area contributed by atoms with E-state index < -0.39 is 30.4 Å². The van der Waals surface area contributed by atoms with Crippen LogP contribution in [0.4, 0.5) is 4.79 Å². The van der Waals surface area contributed by atoms with Crippen molar-refractivity contribution in [3.63, 3.8) is 0 Å². The smallest absolute Gasteiger partial charge is 0.356 e. The van der Waals surface area contributed by atoms with E-state index in [4.69, 9.17) is 0 Å². The van der Waals surface area contributed by atoms with E-state index in [-0.39, 0.29) is 19.8 Å². The summed E-state index contributed by atoms with van der Waals surface area (Å²) in [5.41, 5.74) is 0. The summed E-state index contributed by atoms with van der Waals surface area (Å²) in [5.74, 6) is -2.00. The van der Waals surface area contributed by atoms with E-state index in [0.29, 0.717) is 4.90 Å². The Morgan fingerprint density at radius 1 is 1.19 bits per heavy atom. The Morgan fingerprint density at radius 2 is 1.71 bits per heavy atom. The summed E-state index contributed by atoms with van der Waals surface area (Å²) in [4.78, 5) is 36.4. The third-order valence-electron chi connectivity index (χ3n) is 2.59. The topological polar surface area (TPSA) is 117 Å². The van der Waals surface area contributed by atoms with Gasteiger partial charge in [-0.2, -0.15) is 0 Å². The molecule has 0 aliphatic carbocycles. The van der Waals surface area contributed by atoms with Crippen molar-refractivity contribution >= 4 is 18.0 Å². The molecule has 2 amide bonds. The first-order valence-corrected chi connectivity index (χ1v) is 6.39. The second-order valence-corrected chi connectivity index (χ2v) is 3.98. The Bertz CT molecular complexity index is 437. The number of urea groups is 1. The molecule has 0 aromatic heterocycles. The monoisotopic (exact) mass is 302 g/mol. The minimum Gasteiger partial charge on any atom is -0.463 e. The number of nitrogens with zero attached hydrogens (tertiary/aromatic N) is 2. The Labute approximate surface area is 121 Å². The first kappa shape index (κ1) is 16.9. The van der Waals surface area contributed by atoms with Gasteiger partial charge in [0.15, 0.2) is 0 Å². The van der Waals surface area contributed by atoms with Gasteiger partial charge >= 0.3 is 18.0 Å². The van der Waals surface area contributed by atoms with Gasteiger partial charge in [-0.15, -0.1) is 0 Å². The summed E-state index contributed by atoms with van der Waals surface area (Å²) in [5, 5.41) is 19.5. The molecule has 1 rings (SSSR count). The van der Waals surface area contributed by atoms with Gasteiger partial charge in [0.25, 0.3) is 0 Å². The second kappa shape index (κ2) is 7.60. The van der Waals surface area contributed by atoms with Crippen LogP contribution in [0.5, 0.6) is 0 Å². The van der Waals surface area contributed by atoms with Crippen LogP contribution >= 0.6 is 0 Å². The van der Waals surface area contributed by atoms with Crippen LogP contribution in [0.3, 0.4) is 0 Å². The normalized spacial score (nSPS) is 17.4. The summed E-state index contributed by atoms with van der Waals surface area (Å²) >= 11 is 0. The SMILES string of the molecule is CCOC(=O)C(O)N1C=CCN(C(O)C(=O)OCC)C1=O. The van der Waals surface area contributed by atoms with Crippen molar-refractivity contribution in [2.45, 2.75) is 26.3 Å². The van der Waals surface area contributed by atoms with Gasteiger partial charge in [0.05, 0.1) is 13.2 Å². The second-order valence-electron chi connectivity index (χ2n) is 3.98. The zero-order valence-corrected chi connectivity index (χ0v) is 11.8. The van der Waals surface area contributed by atoms with Crippen LogP contribution in [0, 0.1) is 0 Å². The van der Waals surface area contributed by atoms with Gasteiger partial charge in [-0.3, -0.25) is 9.80 Å². The van der Waals surface area contributed by atoms with Crippen LogP contribution in [-0.4, -0.2) is 70.2 Å². The summed E-state index contributed by atoms with van der Waals surface area (Å²) in [6.45, 7) is 3.12. The lowest BCUT2D eigenvalue weighted by Crippen LogP contribution is -2.56. The van der Waals surface area contributed by atoms with Crippen molar-refractivity contribution in [1.82, 2.24) is 9.80 Å². The molecule has 0 saturated heterocycles. The molecule has 0 radical (unpaired) electrons. The van der Waals surface area contributed by atoms with Gasteiger partial charge in [0.1, 0.15) is 0 Å². The fraction of sp³-hybridized carbons (Fsp3) is 0.583. The number of aliphatic hydroxyl groups is 2. The predicted molar refractivity (Wildman–Crippen MR) is 68.4 cm³/mol. The van der Waals surface area contributed by atoms with Crippen LogP contribution < -0.4 is 0 Å². The number of amides is 2. The van der Waals surface area contributed by atoms with Crippen molar-refractivity contribution in [2.75, 3.05) is 19.8 Å². The van der Waals surface area contributed by atoms with Crippen molar-refractivity contribution < 1.29 is 34.1 Å². The molecular formula is C12H18N2O7. The Kier molecular flexibility index (Phi) is 6.12. The number of aliphatic hydroxyl groups excluding tert-OH is 2. The number of ether oxygens (including phenoxy) is 2. The summed E-state index contributed by atoms with van der Waals surface area (Å²) in [6, 6.07) is -0.918. The molecule has 0 fully saturated rings. The molecule has 0 saturated carbocycles. The maximum absolute atomic E-state index is 12.1. The van der Waals surface area contributed by atoms with Crippen molar-refractivity contribution in [1.29, 1.82) is 0 Å². The van der Waals surface area contributed by atoms with Gasteiger partial charge in [0, 0.05) is 12.7 Å². The molecule has 1 heterocycles. The summed E-state index contributed by atoms with van der Waals surface area (Å²) in [6.07, 6.45) is -1.10. The fourth-order valence-electron chi connectivity index (χ4n) is 1.63. The number of rotatable bonds is 6. The molecule has 2 N–H and O–H groups in total. The van der Waals surface area contributed by atoms with Crippen LogP contribution in [0.2, 0.25) is 0 Å². The van der Waals surface area contributed by atoms with E-state index in [1.165, 1.54) is 12.3 Å². The van der Waals surface area contributed by atoms with Crippen molar-refractivity contribution in [3.05, 3.63) is 12.3 Å². The van der Waals surface area contributed by atoms with E-state index in [0.717, 1.165) is 4.90 Å². The molecule has 9 heteroatoms. The van der Waals surface area contributed by atoms with Crippen molar-refractivity contribution in [3.8, 4) is 0 Å². The molecule has 2 unspecified atom stereocenters. The lowest BCUT2D eigenvalue weighted by atomic mass is 10.3. The van der Waals surface area contributed by atoms with Crippen LogP contribution in [-0.2, 0) is 19.1 Å². The summed E-state index contributed by atoms with van der Waals surface area (Å²) in [7, 11) is 0. The molecule has 1 aliphatic heterocycles. The first-order valence-electron chi connectivity index (χ1n) is 6.39. The van der Waals surface area contributed by atoms with E-state index >= 15 is 0 Å². The van der Waals surface area contributed by atoms with E-state index in [1.54, 1.807) is 13.8 Å². The van der Waals surface area contributed by atoms with E-state index in [2.05, 4.69) is 9.47 Å². The molecular weight excluding hydrogens is 284 g/mol. The zero-order valence-electron chi connectivity index (χ0n) is 11.8. The van der Waals surface area contributed by atoms with E-state index in [9.17, 15) is 24.6 Å². The Balaban J connectivity index is 2.81. The molecule has 9 nitrogen and oxygen atoms in total. The van der Waals surface area contributed by atoms with Gasteiger partial charge in [-0.1, -0.05) is 0 Å². The Morgan fingerprint density at radius 3 is 2.24 bits per heavy atom. The highest BCUT2D eigenvalue weighted by Crippen LogP contribution is 2.14. The molecule has 0 bridgehead atoms. The third-order valence-corrected chi connectivity index (χ3v) is 2.59. The standard InChI is InChI=1S/C12H18N2O7/c1-3-20-10(17)8(15)13-6-5-7-14(12(13)19)9(16)11(18)21-4-2/h5-6,8-9,15-16H,3-4,7H2,1-2H3. The number of hydrogen-bond donors (Lipinski definition) is 2. The average molecular weight is 302 g/mol. The minimum atomic E-state index is -1.86. The largest absolute Gasteiger partial charge is 0.463 e. The van der Waals surface area contributed by atoms with E-state index in [1.807, 2.05) is 0 Å². The number of esters is 2. The first-order chi connectivity index (χ1) is 9.93. The minimum absolute atomic E-state index is 0.0385. The molecule has 0 spiro atoms. The van der Waals surface area contributed by atoms with Crippen LogP contribution in [0.15, 0.2) is 12.3 Å². The highest BCUT2D eigenvalue weighted by molar-refractivity contribution is 5.87. The molecule has 1 aliphatic rings. The lowest BCUT2D eigenvalue weighted by Gasteiger charge is -2.34. The third kappa shape index (κ3) is 3.92. The predicted octanol–water partition coefficient (Wildman–Crippen LogP) is -0.999.